The van der Waals surface area contributed by atoms with Crippen LogP contribution in [-0.4, -0.2) is 25.0 Å². The van der Waals surface area contributed by atoms with Gasteiger partial charge in [-0.25, -0.2) is 0 Å². The average molecular weight is 379 g/mol. The molecule has 0 saturated carbocycles. The molecular formula is C25H34N2O. The smallest absolute Gasteiger partial charge is 0.226 e. The lowest BCUT2D eigenvalue weighted by molar-refractivity contribution is -0.119. The summed E-state index contributed by atoms with van der Waals surface area (Å²) < 4.78 is 0. The quantitative estimate of drug-likeness (QED) is 0.608. The molecule has 1 aliphatic heterocycles. The molecule has 1 aliphatic rings. The Morgan fingerprint density at radius 1 is 1.07 bits per heavy atom. The molecule has 1 N–H and O–H groups in total. The highest BCUT2D eigenvalue weighted by Gasteiger charge is 2.31. The van der Waals surface area contributed by atoms with E-state index in [1.807, 2.05) is 25.1 Å². The molecule has 2 aromatic rings. The monoisotopic (exact) mass is 378 g/mol. The number of carbonyl (C=O) groups excluding carboxylic acids is 1. The zero-order chi connectivity index (χ0) is 19.6. The molecule has 150 valence electrons. The van der Waals surface area contributed by atoms with Crippen LogP contribution < -0.4 is 10.2 Å². The molecule has 1 fully saturated rings. The van der Waals surface area contributed by atoms with E-state index in [1.54, 1.807) is 0 Å². The first-order chi connectivity index (χ1) is 13.8. The van der Waals surface area contributed by atoms with E-state index in [1.165, 1.54) is 24.8 Å². The SMILES string of the molecule is CCC(=O)N(c1ccccc1)C(CCCCc1ccccc1)C1CCCNC1. The Morgan fingerprint density at radius 3 is 2.43 bits per heavy atom. The lowest BCUT2D eigenvalue weighted by atomic mass is 9.86. The predicted octanol–water partition coefficient (Wildman–Crippen LogP) is 5.21. The second kappa shape index (κ2) is 11.0. The van der Waals surface area contributed by atoms with E-state index in [2.05, 4.69) is 52.7 Å². The summed E-state index contributed by atoms with van der Waals surface area (Å²) in [7, 11) is 0. The van der Waals surface area contributed by atoms with Gasteiger partial charge >= 0.3 is 0 Å². The van der Waals surface area contributed by atoms with Crippen molar-refractivity contribution in [1.82, 2.24) is 5.32 Å². The summed E-state index contributed by atoms with van der Waals surface area (Å²) in [6.07, 6.45) is 7.46. The van der Waals surface area contributed by atoms with Crippen LogP contribution >= 0.6 is 0 Å². The summed E-state index contributed by atoms with van der Waals surface area (Å²) in [6.45, 7) is 4.10. The topological polar surface area (TPSA) is 32.3 Å². The Hall–Kier alpha value is -2.13. The molecule has 3 nitrogen and oxygen atoms in total. The minimum atomic E-state index is 0.241. The molecule has 0 aromatic heterocycles. The summed E-state index contributed by atoms with van der Waals surface area (Å²) in [5.41, 5.74) is 2.45. The molecule has 2 unspecified atom stereocenters. The van der Waals surface area contributed by atoms with Gasteiger partial charge in [0.15, 0.2) is 0 Å². The fourth-order valence-electron chi connectivity index (χ4n) is 4.39. The number of unbranched alkanes of at least 4 members (excludes halogenated alkanes) is 1. The molecule has 1 saturated heterocycles. The summed E-state index contributed by atoms with van der Waals surface area (Å²) in [5.74, 6) is 0.769. The van der Waals surface area contributed by atoms with Gasteiger partial charge in [0.05, 0.1) is 0 Å². The van der Waals surface area contributed by atoms with Crippen LogP contribution in [0.2, 0.25) is 0 Å². The number of nitrogens with zero attached hydrogens (tertiary/aromatic N) is 1. The normalized spacial score (nSPS) is 17.8. The second-order valence-corrected chi connectivity index (χ2v) is 7.86. The van der Waals surface area contributed by atoms with E-state index < -0.39 is 0 Å². The highest BCUT2D eigenvalue weighted by atomic mass is 16.2. The number of anilines is 1. The number of piperidine rings is 1. The van der Waals surface area contributed by atoms with E-state index in [9.17, 15) is 4.79 Å². The van der Waals surface area contributed by atoms with Gasteiger partial charge in [0, 0.05) is 18.2 Å². The molecule has 28 heavy (non-hydrogen) atoms. The van der Waals surface area contributed by atoms with Crippen LogP contribution in [-0.2, 0) is 11.2 Å². The molecule has 1 heterocycles. The maximum absolute atomic E-state index is 13.0. The Morgan fingerprint density at radius 2 is 1.79 bits per heavy atom. The van der Waals surface area contributed by atoms with Crippen LogP contribution in [0.3, 0.4) is 0 Å². The number of rotatable bonds is 9. The first-order valence-corrected chi connectivity index (χ1v) is 10.9. The summed E-state index contributed by atoms with van der Waals surface area (Å²) in [4.78, 5) is 15.1. The van der Waals surface area contributed by atoms with E-state index in [4.69, 9.17) is 0 Å². The van der Waals surface area contributed by atoms with Crippen molar-refractivity contribution in [1.29, 1.82) is 0 Å². The largest absolute Gasteiger partial charge is 0.316 e. The standard InChI is InChI=1S/C25H34N2O/c1-2-25(28)27(23-16-7-4-8-17-23)24(22-15-11-19-26-20-22)18-10-9-14-21-12-5-3-6-13-21/h3-8,12-13,16-17,22,24,26H,2,9-11,14-15,18-20H2,1H3. The summed E-state index contributed by atoms with van der Waals surface area (Å²) in [6, 6.07) is 21.3. The van der Waals surface area contributed by atoms with Crippen LogP contribution in [0.1, 0.15) is 51.0 Å². The maximum atomic E-state index is 13.0. The Balaban J connectivity index is 1.71. The van der Waals surface area contributed by atoms with Crippen LogP contribution in [0, 0.1) is 5.92 Å². The molecule has 2 aromatic carbocycles. The highest BCUT2D eigenvalue weighted by Crippen LogP contribution is 2.29. The average Bonchev–Trinajstić information content (AvgIpc) is 2.77. The molecule has 0 aliphatic carbocycles. The Bertz CT molecular complexity index is 695. The van der Waals surface area contributed by atoms with Crippen LogP contribution in [0.25, 0.3) is 0 Å². The molecule has 1 amide bonds. The van der Waals surface area contributed by atoms with Crippen molar-refractivity contribution in [2.45, 2.75) is 57.9 Å². The number of carbonyl (C=O) groups is 1. The van der Waals surface area contributed by atoms with Gasteiger partial charge in [0.1, 0.15) is 0 Å². The van der Waals surface area contributed by atoms with Gasteiger partial charge in [-0.2, -0.15) is 0 Å². The van der Waals surface area contributed by atoms with Gasteiger partial charge in [0.2, 0.25) is 5.91 Å². The number of para-hydroxylation sites is 1. The Labute approximate surface area is 170 Å². The van der Waals surface area contributed by atoms with Crippen molar-refractivity contribution in [2.75, 3.05) is 18.0 Å². The second-order valence-electron chi connectivity index (χ2n) is 7.86. The molecule has 3 heteroatoms. The van der Waals surface area contributed by atoms with Crippen molar-refractivity contribution in [3.8, 4) is 0 Å². The fraction of sp³-hybridized carbons (Fsp3) is 0.480. The van der Waals surface area contributed by atoms with Crippen LogP contribution in [0.4, 0.5) is 5.69 Å². The maximum Gasteiger partial charge on any atom is 0.226 e. The van der Waals surface area contributed by atoms with Gasteiger partial charge in [-0.3, -0.25) is 4.79 Å². The van der Waals surface area contributed by atoms with Crippen molar-refractivity contribution < 1.29 is 4.79 Å². The van der Waals surface area contributed by atoms with Crippen LogP contribution in [0.15, 0.2) is 60.7 Å². The molecule has 0 radical (unpaired) electrons. The number of amides is 1. The molecular weight excluding hydrogens is 344 g/mol. The van der Waals surface area contributed by atoms with Crippen molar-refractivity contribution in [2.24, 2.45) is 5.92 Å². The first-order valence-electron chi connectivity index (χ1n) is 10.9. The number of hydrogen-bond donors (Lipinski definition) is 1. The third-order valence-electron chi connectivity index (χ3n) is 5.87. The van der Waals surface area contributed by atoms with Gasteiger partial charge in [-0.05, 0) is 68.8 Å². The lowest BCUT2D eigenvalue weighted by Crippen LogP contribution is -2.49. The number of aryl methyl sites for hydroxylation is 1. The van der Waals surface area contributed by atoms with Crippen molar-refractivity contribution in [3.05, 3.63) is 66.2 Å². The first kappa shape index (κ1) is 20.6. The molecule has 0 spiro atoms. The number of benzene rings is 2. The summed E-state index contributed by atoms with van der Waals surface area (Å²) in [5, 5.41) is 3.56. The third kappa shape index (κ3) is 5.68. The van der Waals surface area contributed by atoms with E-state index >= 15 is 0 Å². The van der Waals surface area contributed by atoms with Crippen molar-refractivity contribution in [3.63, 3.8) is 0 Å². The predicted molar refractivity (Wildman–Crippen MR) is 118 cm³/mol. The third-order valence-corrected chi connectivity index (χ3v) is 5.87. The molecule has 3 rings (SSSR count). The highest BCUT2D eigenvalue weighted by molar-refractivity contribution is 5.93. The van der Waals surface area contributed by atoms with E-state index in [-0.39, 0.29) is 11.9 Å². The number of hydrogen-bond acceptors (Lipinski definition) is 2. The minimum absolute atomic E-state index is 0.241. The minimum Gasteiger partial charge on any atom is -0.316 e. The van der Waals surface area contributed by atoms with Gasteiger partial charge < -0.3 is 10.2 Å². The molecule has 2 atom stereocenters. The lowest BCUT2D eigenvalue weighted by Gasteiger charge is -2.39. The zero-order valence-corrected chi connectivity index (χ0v) is 17.1. The Kier molecular flexibility index (Phi) is 8.10. The van der Waals surface area contributed by atoms with E-state index in [0.29, 0.717) is 12.3 Å². The van der Waals surface area contributed by atoms with Crippen molar-refractivity contribution >= 4 is 11.6 Å². The summed E-state index contributed by atoms with van der Waals surface area (Å²) >= 11 is 0. The van der Waals surface area contributed by atoms with Gasteiger partial charge in [0.25, 0.3) is 0 Å². The molecule has 0 bridgehead atoms. The van der Waals surface area contributed by atoms with Gasteiger partial charge in [-0.1, -0.05) is 61.9 Å². The fourth-order valence-corrected chi connectivity index (χ4v) is 4.39. The zero-order valence-electron chi connectivity index (χ0n) is 17.1. The van der Waals surface area contributed by atoms with Gasteiger partial charge in [-0.15, -0.1) is 0 Å². The van der Waals surface area contributed by atoms with E-state index in [0.717, 1.165) is 38.0 Å². The number of nitrogens with one attached hydrogen (secondary N) is 1. The van der Waals surface area contributed by atoms with Crippen LogP contribution in [0.5, 0.6) is 0 Å².